The Hall–Kier alpha value is -3.23. The number of aryl methyl sites for hydroxylation is 3. The zero-order valence-corrected chi connectivity index (χ0v) is 18.4. The second kappa shape index (κ2) is 8.87. The third kappa shape index (κ3) is 4.76. The fourth-order valence-electron chi connectivity index (χ4n) is 4.21. The Morgan fingerprint density at radius 1 is 1.29 bits per heavy atom. The van der Waals surface area contributed by atoms with Crippen LogP contribution in [0.4, 0.5) is 0 Å². The lowest BCUT2D eigenvalue weighted by Crippen LogP contribution is -2.29. The summed E-state index contributed by atoms with van der Waals surface area (Å²) in [6.45, 7) is 3.55. The number of fused-ring (bicyclic) bond motifs is 1. The lowest BCUT2D eigenvalue weighted by atomic mass is 9.96. The highest BCUT2D eigenvalue weighted by molar-refractivity contribution is 5.76. The number of pyridine rings is 1. The zero-order chi connectivity index (χ0) is 22.0. The van der Waals surface area contributed by atoms with E-state index in [1.807, 2.05) is 39.3 Å². The molecule has 9 nitrogen and oxygen atoms in total. The van der Waals surface area contributed by atoms with Crippen LogP contribution in [0.1, 0.15) is 41.9 Å². The molecule has 1 amide bonds. The molecular formula is C22H29N7O2. The molecule has 3 aromatic rings. The van der Waals surface area contributed by atoms with Gasteiger partial charge < -0.3 is 4.90 Å². The summed E-state index contributed by atoms with van der Waals surface area (Å²) in [6.07, 6.45) is 8.28. The van der Waals surface area contributed by atoms with Crippen molar-refractivity contribution in [2.24, 2.45) is 13.0 Å². The van der Waals surface area contributed by atoms with Gasteiger partial charge in [0, 0.05) is 64.2 Å². The van der Waals surface area contributed by atoms with Crippen LogP contribution in [0.15, 0.2) is 35.5 Å². The van der Waals surface area contributed by atoms with Gasteiger partial charge in [0.05, 0.1) is 12.2 Å². The van der Waals surface area contributed by atoms with E-state index in [-0.39, 0.29) is 17.5 Å². The Labute approximate surface area is 181 Å². The summed E-state index contributed by atoms with van der Waals surface area (Å²) in [5.74, 6) is 1.18. The normalized spacial score (nSPS) is 16.0. The first-order valence-corrected chi connectivity index (χ1v) is 10.7. The summed E-state index contributed by atoms with van der Waals surface area (Å²) >= 11 is 0. The van der Waals surface area contributed by atoms with E-state index in [0.29, 0.717) is 32.5 Å². The van der Waals surface area contributed by atoms with Gasteiger partial charge in [-0.2, -0.15) is 10.2 Å². The van der Waals surface area contributed by atoms with E-state index in [0.717, 1.165) is 35.5 Å². The molecule has 0 spiro atoms. The molecule has 1 aliphatic heterocycles. The number of aromatic nitrogens is 6. The van der Waals surface area contributed by atoms with Crippen LogP contribution in [0, 0.1) is 12.8 Å². The Morgan fingerprint density at radius 3 is 2.84 bits per heavy atom. The molecule has 164 valence electrons. The van der Waals surface area contributed by atoms with Gasteiger partial charge in [-0.05, 0) is 37.3 Å². The zero-order valence-electron chi connectivity index (χ0n) is 18.4. The molecule has 0 fully saturated rings. The van der Waals surface area contributed by atoms with Gasteiger partial charge in [-0.15, -0.1) is 0 Å². The van der Waals surface area contributed by atoms with Crippen LogP contribution in [0.25, 0.3) is 0 Å². The number of rotatable bonds is 6. The van der Waals surface area contributed by atoms with Crippen LogP contribution in [0.2, 0.25) is 0 Å². The van der Waals surface area contributed by atoms with Crippen molar-refractivity contribution < 1.29 is 4.79 Å². The molecule has 0 radical (unpaired) electrons. The van der Waals surface area contributed by atoms with Crippen molar-refractivity contribution in [2.45, 2.75) is 52.2 Å². The number of amides is 1. The first-order valence-electron chi connectivity index (χ1n) is 10.7. The Balaban J connectivity index is 1.35. The van der Waals surface area contributed by atoms with Crippen LogP contribution < -0.4 is 5.69 Å². The predicted molar refractivity (Wildman–Crippen MR) is 115 cm³/mol. The molecule has 0 aliphatic carbocycles. The molecule has 1 aliphatic rings. The summed E-state index contributed by atoms with van der Waals surface area (Å²) in [7, 11) is 3.73. The first kappa shape index (κ1) is 21.0. The van der Waals surface area contributed by atoms with E-state index in [1.54, 1.807) is 26.5 Å². The van der Waals surface area contributed by atoms with E-state index in [9.17, 15) is 9.59 Å². The maximum atomic E-state index is 12.8. The molecule has 0 saturated heterocycles. The lowest BCUT2D eigenvalue weighted by molar-refractivity contribution is -0.131. The quantitative estimate of drug-likeness (QED) is 0.600. The predicted octanol–water partition coefficient (Wildman–Crippen LogP) is 1.53. The van der Waals surface area contributed by atoms with Gasteiger partial charge >= 0.3 is 5.69 Å². The smallest absolute Gasteiger partial charge is 0.341 e. The fourth-order valence-corrected chi connectivity index (χ4v) is 4.21. The average molecular weight is 424 g/mol. The molecule has 0 saturated carbocycles. The number of carbonyl (C=O) groups excluding carboxylic acids is 1. The average Bonchev–Trinajstić information content (AvgIpc) is 3.13. The highest BCUT2D eigenvalue weighted by Gasteiger charge is 2.24. The molecule has 0 bridgehead atoms. The highest BCUT2D eigenvalue weighted by Crippen LogP contribution is 2.22. The molecule has 0 N–H and O–H groups in total. The summed E-state index contributed by atoms with van der Waals surface area (Å²) in [4.78, 5) is 31.5. The van der Waals surface area contributed by atoms with E-state index in [1.165, 1.54) is 4.68 Å². The summed E-state index contributed by atoms with van der Waals surface area (Å²) in [5.41, 5.74) is 2.88. The van der Waals surface area contributed by atoms with Crippen LogP contribution in [-0.4, -0.2) is 47.0 Å². The molecule has 4 heterocycles. The number of carbonyl (C=O) groups is 1. The first-order chi connectivity index (χ1) is 14.9. The second-order valence-corrected chi connectivity index (χ2v) is 8.43. The van der Waals surface area contributed by atoms with Gasteiger partial charge in [0.15, 0.2) is 0 Å². The van der Waals surface area contributed by atoms with E-state index in [4.69, 9.17) is 0 Å². The molecule has 1 unspecified atom stereocenters. The van der Waals surface area contributed by atoms with E-state index >= 15 is 0 Å². The molecular weight excluding hydrogens is 394 g/mol. The van der Waals surface area contributed by atoms with Crippen molar-refractivity contribution in [1.29, 1.82) is 0 Å². The summed E-state index contributed by atoms with van der Waals surface area (Å²) in [5, 5.41) is 8.90. The Kier molecular flexibility index (Phi) is 6.01. The third-order valence-electron chi connectivity index (χ3n) is 6.00. The fraction of sp³-hybridized carbons (Fsp3) is 0.500. The maximum Gasteiger partial charge on any atom is 0.346 e. The Morgan fingerprint density at radius 2 is 2.13 bits per heavy atom. The second-order valence-electron chi connectivity index (χ2n) is 8.43. The topological polar surface area (TPSA) is 90.8 Å². The van der Waals surface area contributed by atoms with Crippen molar-refractivity contribution >= 4 is 5.91 Å². The van der Waals surface area contributed by atoms with Crippen LogP contribution in [0.5, 0.6) is 0 Å². The van der Waals surface area contributed by atoms with Gasteiger partial charge in [-0.3, -0.25) is 19.0 Å². The monoisotopic (exact) mass is 423 g/mol. The maximum absolute atomic E-state index is 12.8. The van der Waals surface area contributed by atoms with Gasteiger partial charge in [0.1, 0.15) is 5.82 Å². The summed E-state index contributed by atoms with van der Waals surface area (Å²) < 4.78 is 5.06. The minimum Gasteiger partial charge on any atom is -0.341 e. The largest absolute Gasteiger partial charge is 0.346 e. The van der Waals surface area contributed by atoms with Crippen LogP contribution in [0.3, 0.4) is 0 Å². The molecule has 9 heteroatoms. The van der Waals surface area contributed by atoms with Gasteiger partial charge in [0.2, 0.25) is 5.91 Å². The molecule has 4 rings (SSSR count). The molecule has 3 aromatic heterocycles. The standard InChI is InChI=1S/C22H29N7O2/c1-16-19(15-27(3)24-16)14-26(2)21(30)11-17-6-7-20-25-29(22(31)28(20)10-8-17)13-18-5-4-9-23-12-18/h4-5,9,12,15,17H,6-8,10-11,13-14H2,1-3H3. The van der Waals surface area contributed by atoms with Crippen molar-refractivity contribution in [1.82, 2.24) is 34.0 Å². The van der Waals surface area contributed by atoms with Crippen molar-refractivity contribution in [3.05, 3.63) is 63.9 Å². The van der Waals surface area contributed by atoms with E-state index < -0.39 is 0 Å². The van der Waals surface area contributed by atoms with Crippen LogP contribution >= 0.6 is 0 Å². The SMILES string of the molecule is Cc1nn(C)cc1CN(C)C(=O)CC1CCc2nn(Cc3cccnc3)c(=O)n2CC1. The number of nitrogens with zero attached hydrogens (tertiary/aromatic N) is 7. The minimum atomic E-state index is -0.0880. The molecule has 0 aromatic carbocycles. The van der Waals surface area contributed by atoms with Crippen LogP contribution in [-0.2, 0) is 37.9 Å². The van der Waals surface area contributed by atoms with Gasteiger partial charge in [0.25, 0.3) is 0 Å². The number of hydrogen-bond acceptors (Lipinski definition) is 5. The van der Waals surface area contributed by atoms with Gasteiger partial charge in [-0.25, -0.2) is 9.48 Å². The molecule has 1 atom stereocenters. The number of hydrogen-bond donors (Lipinski definition) is 0. The highest BCUT2D eigenvalue weighted by atomic mass is 16.2. The molecule has 31 heavy (non-hydrogen) atoms. The van der Waals surface area contributed by atoms with E-state index in [2.05, 4.69) is 15.2 Å². The summed E-state index contributed by atoms with van der Waals surface area (Å²) in [6, 6.07) is 3.80. The van der Waals surface area contributed by atoms with Crippen molar-refractivity contribution in [3.8, 4) is 0 Å². The lowest BCUT2D eigenvalue weighted by Gasteiger charge is -2.20. The van der Waals surface area contributed by atoms with Crippen molar-refractivity contribution in [2.75, 3.05) is 7.05 Å². The third-order valence-corrected chi connectivity index (χ3v) is 6.00. The van der Waals surface area contributed by atoms with Crippen molar-refractivity contribution in [3.63, 3.8) is 0 Å². The Bertz CT molecular complexity index is 1110. The minimum absolute atomic E-state index is 0.0880. The van der Waals surface area contributed by atoms with Gasteiger partial charge in [-0.1, -0.05) is 6.07 Å².